The van der Waals surface area contributed by atoms with E-state index >= 15 is 0 Å². The number of hydrogen-bond acceptors (Lipinski definition) is 4. The summed E-state index contributed by atoms with van der Waals surface area (Å²) in [4.78, 5) is 22.5. The van der Waals surface area contributed by atoms with E-state index in [1.807, 2.05) is 0 Å². The maximum atomic E-state index is 13.9. The minimum Gasteiger partial charge on any atom is -0.468 e. The number of halogens is 1. The van der Waals surface area contributed by atoms with Crippen LogP contribution >= 0.6 is 0 Å². The largest absolute Gasteiger partial charge is 0.468 e. The summed E-state index contributed by atoms with van der Waals surface area (Å²) in [5.74, 6) is 4.10. The van der Waals surface area contributed by atoms with E-state index in [2.05, 4.69) is 21.9 Å². The van der Waals surface area contributed by atoms with Crippen LogP contribution in [0.3, 0.4) is 0 Å². The van der Waals surface area contributed by atoms with Crippen molar-refractivity contribution < 1.29 is 23.5 Å². The topological polar surface area (TPSA) is 64.6 Å². The van der Waals surface area contributed by atoms with Gasteiger partial charge in [0.15, 0.2) is 0 Å². The van der Waals surface area contributed by atoms with Gasteiger partial charge in [0.1, 0.15) is 17.8 Å². The number of methoxy groups -OCH3 is 1. The van der Waals surface area contributed by atoms with Crippen molar-refractivity contribution >= 4 is 17.7 Å². The summed E-state index contributed by atoms with van der Waals surface area (Å²) in [5, 5.41) is 2.32. The van der Waals surface area contributed by atoms with Crippen LogP contribution < -0.4 is 5.32 Å². The second kappa shape index (κ2) is 7.46. The number of carbonyl (C=O) groups is 2. The highest BCUT2D eigenvalue weighted by Gasteiger charge is 2.17. The maximum absolute atomic E-state index is 13.9. The normalized spacial score (nSPS) is 10.2. The fourth-order valence-electron chi connectivity index (χ4n) is 1.40. The van der Waals surface area contributed by atoms with Crippen LogP contribution in [0.4, 0.5) is 14.9 Å². The Labute approximate surface area is 128 Å². The highest BCUT2D eigenvalue weighted by atomic mass is 19.1. The number of nitrogens with one attached hydrogen (secondary N) is 1. The predicted molar refractivity (Wildman–Crippen MR) is 79.8 cm³/mol. The number of ether oxygens (including phenoxy) is 2. The second-order valence-electron chi connectivity index (χ2n) is 5.38. The Morgan fingerprint density at radius 3 is 2.55 bits per heavy atom. The van der Waals surface area contributed by atoms with Crippen molar-refractivity contribution in [1.82, 2.24) is 0 Å². The summed E-state index contributed by atoms with van der Waals surface area (Å²) < 4.78 is 23.3. The number of rotatable bonds is 2. The summed E-state index contributed by atoms with van der Waals surface area (Å²) in [7, 11) is 1.26. The van der Waals surface area contributed by atoms with Crippen LogP contribution in [0.15, 0.2) is 18.2 Å². The lowest BCUT2D eigenvalue weighted by atomic mass is 10.2. The quantitative estimate of drug-likeness (QED) is 0.673. The van der Waals surface area contributed by atoms with Gasteiger partial charge in [0.05, 0.1) is 12.8 Å². The standard InChI is InChI=1S/C16H18FNO4/c1-16(2,3)22-15(20)18-13-9-8-11(10-12(13)17)6-5-7-14(19)21-4/h8-10H,7H2,1-4H3,(H,18,20). The first-order valence-electron chi connectivity index (χ1n) is 6.56. The molecule has 1 amide bonds. The Morgan fingerprint density at radius 1 is 1.32 bits per heavy atom. The first-order chi connectivity index (χ1) is 10.2. The number of hydrogen-bond donors (Lipinski definition) is 1. The fourth-order valence-corrected chi connectivity index (χ4v) is 1.40. The molecule has 1 N–H and O–H groups in total. The number of anilines is 1. The van der Waals surface area contributed by atoms with Crippen LogP contribution in [0.5, 0.6) is 0 Å². The summed E-state index contributed by atoms with van der Waals surface area (Å²) in [6, 6.07) is 4.07. The second-order valence-corrected chi connectivity index (χ2v) is 5.38. The Morgan fingerprint density at radius 2 is 2.00 bits per heavy atom. The Hall–Kier alpha value is -2.55. The van der Waals surface area contributed by atoms with E-state index in [9.17, 15) is 14.0 Å². The number of esters is 1. The molecule has 1 aromatic rings. The van der Waals surface area contributed by atoms with Crippen molar-refractivity contribution in [3.8, 4) is 11.8 Å². The Bertz CT molecular complexity index is 623. The van der Waals surface area contributed by atoms with Gasteiger partial charge < -0.3 is 9.47 Å². The first-order valence-corrected chi connectivity index (χ1v) is 6.56. The lowest BCUT2D eigenvalue weighted by Gasteiger charge is -2.19. The molecule has 0 bridgehead atoms. The third-order valence-corrected chi connectivity index (χ3v) is 2.30. The summed E-state index contributed by atoms with van der Waals surface area (Å²) in [6.07, 6.45) is -0.813. The molecule has 0 fully saturated rings. The van der Waals surface area contributed by atoms with E-state index in [1.54, 1.807) is 20.8 Å². The molecule has 1 rings (SSSR count). The van der Waals surface area contributed by atoms with Crippen molar-refractivity contribution in [2.75, 3.05) is 12.4 Å². The average Bonchev–Trinajstić information content (AvgIpc) is 2.39. The molecule has 0 unspecified atom stereocenters. The van der Waals surface area contributed by atoms with Gasteiger partial charge >= 0.3 is 12.1 Å². The Kier molecular flexibility index (Phi) is 5.93. The molecule has 0 aliphatic heterocycles. The van der Waals surface area contributed by atoms with Crippen molar-refractivity contribution in [2.24, 2.45) is 0 Å². The zero-order valence-electron chi connectivity index (χ0n) is 13.0. The minimum atomic E-state index is -0.740. The number of benzene rings is 1. The van der Waals surface area contributed by atoms with E-state index < -0.39 is 23.5 Å². The lowest BCUT2D eigenvalue weighted by Crippen LogP contribution is -2.27. The molecular weight excluding hydrogens is 289 g/mol. The molecule has 0 saturated carbocycles. The lowest BCUT2D eigenvalue weighted by molar-refractivity contribution is -0.139. The zero-order chi connectivity index (χ0) is 16.8. The molecule has 1 aromatic carbocycles. The Balaban J connectivity index is 2.74. The van der Waals surface area contributed by atoms with Gasteiger partial charge in [-0.1, -0.05) is 11.8 Å². The fraction of sp³-hybridized carbons (Fsp3) is 0.375. The molecule has 0 atom stereocenters. The SMILES string of the molecule is COC(=O)CC#Cc1ccc(NC(=O)OC(C)(C)C)c(F)c1. The van der Waals surface area contributed by atoms with Crippen LogP contribution in [0.1, 0.15) is 32.8 Å². The van der Waals surface area contributed by atoms with Gasteiger partial charge in [-0.25, -0.2) is 9.18 Å². The van der Waals surface area contributed by atoms with Crippen molar-refractivity contribution in [3.63, 3.8) is 0 Å². The molecular formula is C16H18FNO4. The number of amides is 1. The zero-order valence-corrected chi connectivity index (χ0v) is 13.0. The van der Waals surface area contributed by atoms with Crippen LogP contribution in [-0.2, 0) is 14.3 Å². The van der Waals surface area contributed by atoms with Crippen molar-refractivity contribution in [1.29, 1.82) is 0 Å². The maximum Gasteiger partial charge on any atom is 0.412 e. The van der Waals surface area contributed by atoms with Gasteiger partial charge in [-0.2, -0.15) is 0 Å². The van der Waals surface area contributed by atoms with Crippen LogP contribution in [-0.4, -0.2) is 24.8 Å². The molecule has 0 aliphatic carbocycles. The molecule has 0 aromatic heterocycles. The van der Waals surface area contributed by atoms with Gasteiger partial charge in [0, 0.05) is 5.56 Å². The van der Waals surface area contributed by atoms with Crippen molar-refractivity contribution in [3.05, 3.63) is 29.6 Å². The molecule has 0 heterocycles. The van der Waals surface area contributed by atoms with Crippen molar-refractivity contribution in [2.45, 2.75) is 32.8 Å². The third kappa shape index (κ3) is 6.27. The molecule has 0 radical (unpaired) electrons. The van der Waals surface area contributed by atoms with E-state index in [0.29, 0.717) is 5.56 Å². The first kappa shape index (κ1) is 17.5. The van der Waals surface area contributed by atoms with Gasteiger partial charge in [-0.3, -0.25) is 10.1 Å². The molecule has 22 heavy (non-hydrogen) atoms. The monoisotopic (exact) mass is 307 g/mol. The van der Waals surface area contributed by atoms with Gasteiger partial charge in [0.25, 0.3) is 0 Å². The molecule has 118 valence electrons. The molecule has 0 saturated heterocycles. The minimum absolute atomic E-state index is 0.00670. The van der Waals surface area contributed by atoms with Crippen LogP contribution in [0, 0.1) is 17.7 Å². The van der Waals surface area contributed by atoms with Crippen LogP contribution in [0.25, 0.3) is 0 Å². The van der Waals surface area contributed by atoms with E-state index in [1.165, 1.54) is 19.2 Å². The van der Waals surface area contributed by atoms with E-state index in [4.69, 9.17) is 4.74 Å². The highest BCUT2D eigenvalue weighted by molar-refractivity contribution is 5.85. The molecule has 0 spiro atoms. The molecule has 0 aliphatic rings. The van der Waals surface area contributed by atoms with Gasteiger partial charge in [-0.15, -0.1) is 0 Å². The number of carbonyl (C=O) groups excluding carboxylic acids is 2. The summed E-state index contributed by atoms with van der Waals surface area (Å²) >= 11 is 0. The predicted octanol–water partition coefficient (Wildman–Crippen LogP) is 3.09. The van der Waals surface area contributed by atoms with Crippen LogP contribution in [0.2, 0.25) is 0 Å². The summed E-state index contributed by atoms with van der Waals surface area (Å²) in [5.41, 5.74) is -0.288. The highest BCUT2D eigenvalue weighted by Crippen LogP contribution is 2.17. The van der Waals surface area contributed by atoms with E-state index in [-0.39, 0.29) is 12.1 Å². The smallest absolute Gasteiger partial charge is 0.412 e. The summed E-state index contributed by atoms with van der Waals surface area (Å²) in [6.45, 7) is 5.13. The molecule has 5 nitrogen and oxygen atoms in total. The van der Waals surface area contributed by atoms with Gasteiger partial charge in [-0.05, 0) is 39.0 Å². The van der Waals surface area contributed by atoms with E-state index in [0.717, 1.165) is 6.07 Å². The molecule has 6 heteroatoms. The van der Waals surface area contributed by atoms with Gasteiger partial charge in [0.2, 0.25) is 0 Å². The average molecular weight is 307 g/mol. The third-order valence-electron chi connectivity index (χ3n) is 2.30.